The Bertz CT molecular complexity index is 617. The zero-order valence-corrected chi connectivity index (χ0v) is 10.9. The number of nitrogens with two attached hydrogens (primary N) is 1. The summed E-state index contributed by atoms with van der Waals surface area (Å²) in [5, 5.41) is 0.658. The van der Waals surface area contributed by atoms with Gasteiger partial charge in [0.05, 0.1) is 0 Å². The zero-order chi connectivity index (χ0) is 13.4. The Morgan fingerprint density at radius 3 is 2.74 bits per heavy atom. The molecule has 4 heteroatoms. The average molecular weight is 278 g/mol. The second-order valence-electron chi connectivity index (χ2n) is 4.65. The lowest BCUT2D eigenvalue weighted by molar-refractivity contribution is 0.161. The highest BCUT2D eigenvalue weighted by Crippen LogP contribution is 2.41. The van der Waals surface area contributed by atoms with Gasteiger partial charge in [0.1, 0.15) is 17.7 Å². The molecule has 19 heavy (non-hydrogen) atoms. The largest absolute Gasteiger partial charge is 0.485 e. The van der Waals surface area contributed by atoms with Crippen LogP contribution in [-0.2, 0) is 0 Å². The standard InChI is InChI=1S/C15H13ClFNO/c16-12-4-2-1-3-10(12)15-8-13(18)11-7-9(17)5-6-14(11)19-15/h1-7,13,15H,8,18H2. The summed E-state index contributed by atoms with van der Waals surface area (Å²) in [6.07, 6.45) is 0.391. The van der Waals surface area contributed by atoms with Crippen molar-refractivity contribution < 1.29 is 9.13 Å². The number of hydrogen-bond donors (Lipinski definition) is 1. The van der Waals surface area contributed by atoms with Crippen LogP contribution in [0, 0.1) is 5.82 Å². The SMILES string of the molecule is NC1CC(c2ccccc2Cl)Oc2ccc(F)cc21. The molecule has 1 aliphatic heterocycles. The van der Waals surface area contributed by atoms with E-state index in [4.69, 9.17) is 22.1 Å². The van der Waals surface area contributed by atoms with E-state index in [0.29, 0.717) is 22.8 Å². The maximum Gasteiger partial charge on any atom is 0.127 e. The number of hydrogen-bond acceptors (Lipinski definition) is 2. The fourth-order valence-electron chi connectivity index (χ4n) is 2.40. The minimum Gasteiger partial charge on any atom is -0.485 e. The van der Waals surface area contributed by atoms with Crippen LogP contribution >= 0.6 is 11.6 Å². The molecule has 3 rings (SSSR count). The molecule has 0 saturated carbocycles. The first-order chi connectivity index (χ1) is 9.15. The van der Waals surface area contributed by atoms with E-state index in [0.717, 1.165) is 5.56 Å². The summed E-state index contributed by atoms with van der Waals surface area (Å²) in [6.45, 7) is 0. The van der Waals surface area contributed by atoms with Crippen LogP contribution in [0.4, 0.5) is 4.39 Å². The summed E-state index contributed by atoms with van der Waals surface area (Å²) in [7, 11) is 0. The molecule has 0 aromatic heterocycles. The van der Waals surface area contributed by atoms with Crippen LogP contribution in [0.3, 0.4) is 0 Å². The number of ether oxygens (including phenoxy) is 1. The van der Waals surface area contributed by atoms with Gasteiger partial charge >= 0.3 is 0 Å². The summed E-state index contributed by atoms with van der Waals surface area (Å²) in [4.78, 5) is 0. The predicted octanol–water partition coefficient (Wildman–Crippen LogP) is 4.00. The molecule has 2 unspecified atom stereocenters. The van der Waals surface area contributed by atoms with Crippen molar-refractivity contribution in [2.24, 2.45) is 5.73 Å². The fraction of sp³-hybridized carbons (Fsp3) is 0.200. The van der Waals surface area contributed by atoms with E-state index >= 15 is 0 Å². The third-order valence-electron chi connectivity index (χ3n) is 3.36. The Balaban J connectivity index is 1.97. The van der Waals surface area contributed by atoms with Crippen LogP contribution in [0.1, 0.15) is 29.7 Å². The van der Waals surface area contributed by atoms with E-state index in [-0.39, 0.29) is 18.0 Å². The van der Waals surface area contributed by atoms with Crippen LogP contribution in [-0.4, -0.2) is 0 Å². The highest BCUT2D eigenvalue weighted by molar-refractivity contribution is 6.31. The number of benzene rings is 2. The molecule has 0 amide bonds. The smallest absolute Gasteiger partial charge is 0.127 e. The first kappa shape index (κ1) is 12.5. The molecule has 2 aromatic carbocycles. The van der Waals surface area contributed by atoms with E-state index in [9.17, 15) is 4.39 Å². The van der Waals surface area contributed by atoms with Gasteiger partial charge in [0, 0.05) is 28.6 Å². The predicted molar refractivity (Wildman–Crippen MR) is 72.8 cm³/mol. The molecule has 1 heterocycles. The van der Waals surface area contributed by atoms with Crippen molar-refractivity contribution >= 4 is 11.6 Å². The quantitative estimate of drug-likeness (QED) is 0.855. The first-order valence-electron chi connectivity index (χ1n) is 6.11. The molecule has 98 valence electrons. The number of fused-ring (bicyclic) bond motifs is 1. The monoisotopic (exact) mass is 277 g/mol. The third-order valence-corrected chi connectivity index (χ3v) is 3.70. The molecule has 0 fully saturated rings. The molecule has 0 spiro atoms. The second-order valence-corrected chi connectivity index (χ2v) is 5.06. The van der Waals surface area contributed by atoms with E-state index in [1.807, 2.05) is 24.3 Å². The van der Waals surface area contributed by atoms with Crippen molar-refractivity contribution in [2.45, 2.75) is 18.6 Å². The van der Waals surface area contributed by atoms with Crippen molar-refractivity contribution in [2.75, 3.05) is 0 Å². The number of halogens is 2. The van der Waals surface area contributed by atoms with Gasteiger partial charge in [-0.2, -0.15) is 0 Å². The van der Waals surface area contributed by atoms with Crippen molar-refractivity contribution in [1.82, 2.24) is 0 Å². The Hall–Kier alpha value is -1.58. The molecule has 0 aliphatic carbocycles. The van der Waals surface area contributed by atoms with Gasteiger partial charge in [-0.25, -0.2) is 4.39 Å². The lowest BCUT2D eigenvalue weighted by Gasteiger charge is -2.31. The van der Waals surface area contributed by atoms with Gasteiger partial charge in [-0.15, -0.1) is 0 Å². The summed E-state index contributed by atoms with van der Waals surface area (Å²) in [5.41, 5.74) is 7.73. The lowest BCUT2D eigenvalue weighted by Crippen LogP contribution is -2.24. The molecule has 0 bridgehead atoms. The van der Waals surface area contributed by atoms with Gasteiger partial charge in [0.2, 0.25) is 0 Å². The van der Waals surface area contributed by atoms with Crippen molar-refractivity contribution in [3.8, 4) is 5.75 Å². The molecule has 1 aliphatic rings. The molecule has 2 nitrogen and oxygen atoms in total. The summed E-state index contributed by atoms with van der Waals surface area (Å²) < 4.78 is 19.1. The van der Waals surface area contributed by atoms with Crippen molar-refractivity contribution in [3.05, 3.63) is 64.4 Å². The van der Waals surface area contributed by atoms with Crippen molar-refractivity contribution in [3.63, 3.8) is 0 Å². The fourth-order valence-corrected chi connectivity index (χ4v) is 2.66. The van der Waals surface area contributed by atoms with E-state index in [1.54, 1.807) is 6.07 Å². The molecular formula is C15H13ClFNO. The Kier molecular flexibility index (Phi) is 3.17. The molecule has 2 aromatic rings. The zero-order valence-electron chi connectivity index (χ0n) is 10.1. The Morgan fingerprint density at radius 1 is 1.16 bits per heavy atom. The normalized spacial score (nSPS) is 21.6. The molecule has 0 saturated heterocycles. The molecule has 0 radical (unpaired) electrons. The van der Waals surface area contributed by atoms with Gasteiger partial charge in [-0.3, -0.25) is 0 Å². The maximum absolute atomic E-state index is 13.2. The van der Waals surface area contributed by atoms with Gasteiger partial charge in [-0.1, -0.05) is 29.8 Å². The second kappa shape index (κ2) is 4.83. The summed E-state index contributed by atoms with van der Waals surface area (Å²) in [6, 6.07) is 11.7. The maximum atomic E-state index is 13.2. The van der Waals surface area contributed by atoms with Crippen LogP contribution in [0.2, 0.25) is 5.02 Å². The Morgan fingerprint density at radius 2 is 1.95 bits per heavy atom. The van der Waals surface area contributed by atoms with Gasteiger partial charge in [0.25, 0.3) is 0 Å². The van der Waals surface area contributed by atoms with E-state index in [1.165, 1.54) is 12.1 Å². The lowest BCUT2D eigenvalue weighted by atomic mass is 9.93. The highest BCUT2D eigenvalue weighted by Gasteiger charge is 2.28. The molecule has 2 atom stereocenters. The topological polar surface area (TPSA) is 35.2 Å². The van der Waals surface area contributed by atoms with Crippen molar-refractivity contribution in [1.29, 1.82) is 0 Å². The minimum absolute atomic E-state index is 0.193. The van der Waals surface area contributed by atoms with Crippen LogP contribution in [0.15, 0.2) is 42.5 Å². The Labute approximate surface area is 115 Å². The van der Waals surface area contributed by atoms with E-state index < -0.39 is 0 Å². The number of rotatable bonds is 1. The van der Waals surface area contributed by atoms with Gasteiger partial charge in [0.15, 0.2) is 0 Å². The molecular weight excluding hydrogens is 265 g/mol. The minimum atomic E-state index is -0.297. The summed E-state index contributed by atoms with van der Waals surface area (Å²) >= 11 is 6.18. The highest BCUT2D eigenvalue weighted by atomic mass is 35.5. The van der Waals surface area contributed by atoms with Gasteiger partial charge in [-0.05, 0) is 24.3 Å². The third kappa shape index (κ3) is 2.31. The molecule has 2 N–H and O–H groups in total. The first-order valence-corrected chi connectivity index (χ1v) is 6.49. The summed E-state index contributed by atoms with van der Waals surface area (Å²) in [5.74, 6) is 0.332. The van der Waals surface area contributed by atoms with E-state index in [2.05, 4.69) is 0 Å². The van der Waals surface area contributed by atoms with Crippen LogP contribution in [0.25, 0.3) is 0 Å². The van der Waals surface area contributed by atoms with Gasteiger partial charge < -0.3 is 10.5 Å². The average Bonchev–Trinajstić information content (AvgIpc) is 2.40. The van der Waals surface area contributed by atoms with Crippen LogP contribution < -0.4 is 10.5 Å². The van der Waals surface area contributed by atoms with Crippen LogP contribution in [0.5, 0.6) is 5.75 Å².